The number of anilines is 1. The average molecular weight is 232 g/mol. The lowest BCUT2D eigenvalue weighted by molar-refractivity contribution is 0.185. The molecule has 0 radical (unpaired) electrons. The number of nitrogens with one attached hydrogen (secondary N) is 1. The van der Waals surface area contributed by atoms with E-state index >= 15 is 0 Å². The Morgan fingerprint density at radius 2 is 2.35 bits per heavy atom. The van der Waals surface area contributed by atoms with E-state index in [0.29, 0.717) is 0 Å². The van der Waals surface area contributed by atoms with Crippen molar-refractivity contribution in [3.05, 3.63) is 23.4 Å². The SMILES string of the molecule is c1cc2c(nc1NCCC1CCOC1)CCC2. The number of aromatic nitrogens is 1. The molecule has 1 aromatic heterocycles. The highest BCUT2D eigenvalue weighted by Gasteiger charge is 2.15. The van der Waals surface area contributed by atoms with Crippen molar-refractivity contribution in [2.24, 2.45) is 5.92 Å². The van der Waals surface area contributed by atoms with E-state index in [0.717, 1.165) is 37.9 Å². The van der Waals surface area contributed by atoms with Crippen molar-refractivity contribution in [3.8, 4) is 0 Å². The average Bonchev–Trinajstić information content (AvgIpc) is 2.98. The van der Waals surface area contributed by atoms with Crippen molar-refractivity contribution in [1.82, 2.24) is 4.98 Å². The second-order valence-electron chi connectivity index (χ2n) is 5.10. The summed E-state index contributed by atoms with van der Waals surface area (Å²) < 4.78 is 5.38. The molecule has 3 rings (SSSR count). The van der Waals surface area contributed by atoms with Gasteiger partial charge in [-0.2, -0.15) is 0 Å². The van der Waals surface area contributed by atoms with Crippen LogP contribution in [0.2, 0.25) is 0 Å². The van der Waals surface area contributed by atoms with Crippen molar-refractivity contribution in [3.63, 3.8) is 0 Å². The molecule has 2 aliphatic rings. The fourth-order valence-electron chi connectivity index (χ4n) is 2.73. The van der Waals surface area contributed by atoms with Crippen LogP contribution in [-0.4, -0.2) is 24.7 Å². The van der Waals surface area contributed by atoms with Crippen LogP contribution in [-0.2, 0) is 17.6 Å². The molecule has 0 aromatic carbocycles. The van der Waals surface area contributed by atoms with E-state index in [1.165, 1.54) is 36.9 Å². The van der Waals surface area contributed by atoms with Gasteiger partial charge in [0.25, 0.3) is 0 Å². The molecule has 2 heterocycles. The summed E-state index contributed by atoms with van der Waals surface area (Å²) in [5.41, 5.74) is 2.75. The Kier molecular flexibility index (Phi) is 3.27. The van der Waals surface area contributed by atoms with Crippen LogP contribution in [0.4, 0.5) is 5.82 Å². The molecular weight excluding hydrogens is 212 g/mol. The molecule has 3 nitrogen and oxygen atoms in total. The third-order valence-corrected chi connectivity index (χ3v) is 3.81. The van der Waals surface area contributed by atoms with Crippen LogP contribution >= 0.6 is 0 Å². The van der Waals surface area contributed by atoms with Crippen molar-refractivity contribution in [1.29, 1.82) is 0 Å². The zero-order chi connectivity index (χ0) is 11.5. The Morgan fingerprint density at radius 3 is 3.24 bits per heavy atom. The minimum atomic E-state index is 0.747. The first-order chi connectivity index (χ1) is 8.42. The zero-order valence-corrected chi connectivity index (χ0v) is 10.2. The first-order valence-electron chi connectivity index (χ1n) is 6.72. The summed E-state index contributed by atoms with van der Waals surface area (Å²) in [6, 6.07) is 4.35. The number of pyridine rings is 1. The number of hydrogen-bond acceptors (Lipinski definition) is 3. The van der Waals surface area contributed by atoms with Gasteiger partial charge in [-0.25, -0.2) is 4.98 Å². The largest absolute Gasteiger partial charge is 0.381 e. The van der Waals surface area contributed by atoms with Crippen LogP contribution < -0.4 is 5.32 Å². The lowest BCUT2D eigenvalue weighted by Crippen LogP contribution is -2.10. The molecule has 0 bridgehead atoms. The van der Waals surface area contributed by atoms with Gasteiger partial charge >= 0.3 is 0 Å². The molecule has 1 atom stereocenters. The molecule has 1 aromatic rings. The zero-order valence-electron chi connectivity index (χ0n) is 10.2. The second-order valence-corrected chi connectivity index (χ2v) is 5.10. The van der Waals surface area contributed by atoms with E-state index in [9.17, 15) is 0 Å². The smallest absolute Gasteiger partial charge is 0.126 e. The van der Waals surface area contributed by atoms with E-state index in [1.54, 1.807) is 0 Å². The fourth-order valence-corrected chi connectivity index (χ4v) is 2.73. The van der Waals surface area contributed by atoms with Crippen LogP contribution in [0.3, 0.4) is 0 Å². The normalized spacial score (nSPS) is 22.7. The number of hydrogen-bond donors (Lipinski definition) is 1. The number of aryl methyl sites for hydroxylation is 2. The number of rotatable bonds is 4. The molecule has 1 unspecified atom stereocenters. The van der Waals surface area contributed by atoms with Crippen molar-refractivity contribution < 1.29 is 4.74 Å². The molecule has 1 aliphatic carbocycles. The molecule has 1 saturated heterocycles. The third kappa shape index (κ3) is 2.60. The standard InChI is InChI=1S/C14H20N2O/c1-2-12-4-5-14(16-13(12)3-1)15-8-6-11-7-9-17-10-11/h4-5,11H,1-3,6-10H2,(H,15,16). The fraction of sp³-hybridized carbons (Fsp3) is 0.643. The number of ether oxygens (including phenoxy) is 1. The minimum Gasteiger partial charge on any atom is -0.381 e. The molecule has 17 heavy (non-hydrogen) atoms. The van der Waals surface area contributed by atoms with E-state index in [1.807, 2.05) is 0 Å². The van der Waals surface area contributed by atoms with Gasteiger partial charge in [0, 0.05) is 25.5 Å². The van der Waals surface area contributed by atoms with Gasteiger partial charge in [-0.1, -0.05) is 6.07 Å². The van der Waals surface area contributed by atoms with Gasteiger partial charge in [0.05, 0.1) is 0 Å². The summed E-state index contributed by atoms with van der Waals surface area (Å²) in [5.74, 6) is 1.79. The summed E-state index contributed by atoms with van der Waals surface area (Å²) in [5, 5.41) is 3.43. The predicted molar refractivity (Wildman–Crippen MR) is 68.3 cm³/mol. The second kappa shape index (κ2) is 5.05. The van der Waals surface area contributed by atoms with E-state index in [-0.39, 0.29) is 0 Å². The molecule has 1 aliphatic heterocycles. The highest BCUT2D eigenvalue weighted by atomic mass is 16.5. The molecule has 0 spiro atoms. The van der Waals surface area contributed by atoms with Crippen molar-refractivity contribution in [2.45, 2.75) is 32.1 Å². The Balaban J connectivity index is 1.51. The molecule has 0 amide bonds. The summed E-state index contributed by atoms with van der Waals surface area (Å²) in [4.78, 5) is 4.68. The maximum absolute atomic E-state index is 5.38. The highest BCUT2D eigenvalue weighted by molar-refractivity contribution is 5.40. The Morgan fingerprint density at radius 1 is 1.35 bits per heavy atom. The van der Waals surface area contributed by atoms with Crippen LogP contribution in [0.15, 0.2) is 12.1 Å². The van der Waals surface area contributed by atoms with Crippen molar-refractivity contribution >= 4 is 5.82 Å². The van der Waals surface area contributed by atoms with Gasteiger partial charge in [-0.15, -0.1) is 0 Å². The van der Waals surface area contributed by atoms with Crippen LogP contribution in [0.5, 0.6) is 0 Å². The van der Waals surface area contributed by atoms with Crippen LogP contribution in [0.1, 0.15) is 30.5 Å². The lowest BCUT2D eigenvalue weighted by Gasteiger charge is -2.10. The van der Waals surface area contributed by atoms with E-state index < -0.39 is 0 Å². The molecule has 0 saturated carbocycles. The maximum Gasteiger partial charge on any atom is 0.126 e. The summed E-state index contributed by atoms with van der Waals surface area (Å²) in [6.07, 6.45) is 6.05. The Hall–Kier alpha value is -1.09. The monoisotopic (exact) mass is 232 g/mol. The first-order valence-corrected chi connectivity index (χ1v) is 6.72. The highest BCUT2D eigenvalue weighted by Crippen LogP contribution is 2.22. The predicted octanol–water partition coefficient (Wildman–Crippen LogP) is 2.41. The molecule has 1 N–H and O–H groups in total. The summed E-state index contributed by atoms with van der Waals surface area (Å²) in [7, 11) is 0. The van der Waals surface area contributed by atoms with Gasteiger partial charge < -0.3 is 10.1 Å². The molecule has 1 fully saturated rings. The van der Waals surface area contributed by atoms with Crippen molar-refractivity contribution in [2.75, 3.05) is 25.1 Å². The summed E-state index contributed by atoms with van der Waals surface area (Å²) >= 11 is 0. The Labute approximate surface area is 103 Å². The lowest BCUT2D eigenvalue weighted by atomic mass is 10.1. The topological polar surface area (TPSA) is 34.2 Å². The molecular formula is C14H20N2O. The van der Waals surface area contributed by atoms with E-state index in [2.05, 4.69) is 22.4 Å². The maximum atomic E-state index is 5.38. The van der Waals surface area contributed by atoms with Gasteiger partial charge in [-0.05, 0) is 49.7 Å². The van der Waals surface area contributed by atoms with Crippen LogP contribution in [0, 0.1) is 5.92 Å². The summed E-state index contributed by atoms with van der Waals surface area (Å²) in [6.45, 7) is 2.90. The van der Waals surface area contributed by atoms with Gasteiger partial charge in [0.1, 0.15) is 5.82 Å². The molecule has 3 heteroatoms. The Bertz CT molecular complexity index is 386. The molecule has 92 valence electrons. The van der Waals surface area contributed by atoms with Gasteiger partial charge in [-0.3, -0.25) is 0 Å². The third-order valence-electron chi connectivity index (χ3n) is 3.81. The van der Waals surface area contributed by atoms with Crippen LogP contribution in [0.25, 0.3) is 0 Å². The number of nitrogens with zero attached hydrogens (tertiary/aromatic N) is 1. The first kappa shape index (κ1) is 11.0. The van der Waals surface area contributed by atoms with Gasteiger partial charge in [0.15, 0.2) is 0 Å². The number of fused-ring (bicyclic) bond motifs is 1. The van der Waals surface area contributed by atoms with Gasteiger partial charge in [0.2, 0.25) is 0 Å². The minimum absolute atomic E-state index is 0.747. The van der Waals surface area contributed by atoms with E-state index in [4.69, 9.17) is 4.74 Å². The quantitative estimate of drug-likeness (QED) is 0.865.